The zero-order valence-electron chi connectivity index (χ0n) is 9.53. The van der Waals surface area contributed by atoms with Gasteiger partial charge in [-0.25, -0.2) is 9.78 Å². The molecular formula is C11H16N2O3. The number of carbonyl (C=O) groups is 1. The van der Waals surface area contributed by atoms with Gasteiger partial charge in [0.1, 0.15) is 11.6 Å². The highest BCUT2D eigenvalue weighted by atomic mass is 16.5. The highest BCUT2D eigenvalue weighted by Gasteiger charge is 2.02. The Bertz CT molecular complexity index is 342. The quantitative estimate of drug-likeness (QED) is 0.780. The maximum absolute atomic E-state index is 10.9. The van der Waals surface area contributed by atoms with Crippen LogP contribution >= 0.6 is 0 Å². The number of hydrogen-bond donors (Lipinski definition) is 1. The fourth-order valence-electron chi connectivity index (χ4n) is 1.06. The van der Waals surface area contributed by atoms with Gasteiger partial charge in [-0.05, 0) is 12.5 Å². The lowest BCUT2D eigenvalue weighted by Gasteiger charge is -2.07. The van der Waals surface area contributed by atoms with E-state index < -0.39 is 6.09 Å². The van der Waals surface area contributed by atoms with Gasteiger partial charge in [0.05, 0.1) is 13.7 Å². The Kier molecular flexibility index (Phi) is 5.11. The van der Waals surface area contributed by atoms with Gasteiger partial charge in [-0.1, -0.05) is 13.3 Å². The summed E-state index contributed by atoms with van der Waals surface area (Å²) in [6, 6.07) is 3.41. The Morgan fingerprint density at radius 3 is 3.06 bits per heavy atom. The molecule has 1 aromatic heterocycles. The van der Waals surface area contributed by atoms with E-state index in [1.165, 1.54) is 7.11 Å². The summed E-state index contributed by atoms with van der Waals surface area (Å²) in [5.74, 6) is 1.11. The van der Waals surface area contributed by atoms with E-state index in [-0.39, 0.29) is 0 Å². The summed E-state index contributed by atoms with van der Waals surface area (Å²) in [4.78, 5) is 14.9. The van der Waals surface area contributed by atoms with Crippen molar-refractivity contribution in [3.05, 3.63) is 18.3 Å². The van der Waals surface area contributed by atoms with Crippen molar-refractivity contribution in [2.75, 3.05) is 19.0 Å². The van der Waals surface area contributed by atoms with Gasteiger partial charge in [-0.15, -0.1) is 0 Å². The predicted octanol–water partition coefficient (Wildman–Crippen LogP) is 2.44. The van der Waals surface area contributed by atoms with E-state index in [1.54, 1.807) is 18.3 Å². The van der Waals surface area contributed by atoms with Gasteiger partial charge in [0.25, 0.3) is 0 Å². The molecule has 1 N–H and O–H groups in total. The summed E-state index contributed by atoms with van der Waals surface area (Å²) in [7, 11) is 1.30. The molecule has 5 nitrogen and oxygen atoms in total. The van der Waals surface area contributed by atoms with Crippen molar-refractivity contribution >= 4 is 11.9 Å². The molecule has 1 amide bonds. The van der Waals surface area contributed by atoms with E-state index in [2.05, 4.69) is 22.0 Å². The molecule has 0 aliphatic heterocycles. The Morgan fingerprint density at radius 2 is 2.38 bits per heavy atom. The van der Waals surface area contributed by atoms with Crippen molar-refractivity contribution in [2.45, 2.75) is 19.8 Å². The van der Waals surface area contributed by atoms with Crippen LogP contribution in [-0.2, 0) is 4.74 Å². The number of pyridine rings is 1. The number of rotatable bonds is 5. The number of nitrogens with one attached hydrogen (secondary N) is 1. The maximum Gasteiger partial charge on any atom is 0.412 e. The first-order valence-electron chi connectivity index (χ1n) is 5.20. The first-order chi connectivity index (χ1) is 7.76. The van der Waals surface area contributed by atoms with E-state index in [4.69, 9.17) is 4.74 Å². The Morgan fingerprint density at radius 1 is 1.56 bits per heavy atom. The van der Waals surface area contributed by atoms with Gasteiger partial charge in [0, 0.05) is 12.3 Å². The number of nitrogens with zero attached hydrogens (tertiary/aromatic N) is 1. The molecule has 0 spiro atoms. The van der Waals surface area contributed by atoms with Crippen LogP contribution in [0.25, 0.3) is 0 Å². The molecule has 1 heterocycles. The smallest absolute Gasteiger partial charge is 0.412 e. The molecule has 88 valence electrons. The highest BCUT2D eigenvalue weighted by Crippen LogP contribution is 2.14. The van der Waals surface area contributed by atoms with E-state index in [9.17, 15) is 4.79 Å². The molecule has 0 fully saturated rings. The van der Waals surface area contributed by atoms with Crippen molar-refractivity contribution in [3.8, 4) is 5.75 Å². The zero-order valence-corrected chi connectivity index (χ0v) is 9.53. The average molecular weight is 224 g/mol. The fraction of sp³-hybridized carbons (Fsp3) is 0.455. The molecule has 16 heavy (non-hydrogen) atoms. The number of anilines is 1. The fourth-order valence-corrected chi connectivity index (χ4v) is 1.06. The molecule has 1 aromatic rings. The van der Waals surface area contributed by atoms with Gasteiger partial charge < -0.3 is 9.47 Å². The highest BCUT2D eigenvalue weighted by molar-refractivity contribution is 5.83. The molecule has 1 rings (SSSR count). The second-order valence-corrected chi connectivity index (χ2v) is 3.20. The van der Waals surface area contributed by atoms with Crippen LogP contribution in [0.3, 0.4) is 0 Å². The van der Waals surface area contributed by atoms with Crippen molar-refractivity contribution in [2.24, 2.45) is 0 Å². The molecule has 0 saturated heterocycles. The predicted molar refractivity (Wildman–Crippen MR) is 60.7 cm³/mol. The summed E-state index contributed by atoms with van der Waals surface area (Å²) in [5, 5.41) is 2.47. The lowest BCUT2D eigenvalue weighted by molar-refractivity contribution is 0.187. The zero-order chi connectivity index (χ0) is 11.8. The largest absolute Gasteiger partial charge is 0.493 e. The first-order valence-corrected chi connectivity index (χ1v) is 5.20. The minimum Gasteiger partial charge on any atom is -0.493 e. The lowest BCUT2D eigenvalue weighted by Crippen LogP contribution is -2.12. The normalized spacial score (nSPS) is 9.62. The molecule has 0 saturated carbocycles. The molecular weight excluding hydrogens is 208 g/mol. The van der Waals surface area contributed by atoms with E-state index in [0.29, 0.717) is 18.2 Å². The van der Waals surface area contributed by atoms with E-state index >= 15 is 0 Å². The molecule has 5 heteroatoms. The second-order valence-electron chi connectivity index (χ2n) is 3.20. The van der Waals surface area contributed by atoms with E-state index in [0.717, 1.165) is 12.8 Å². The number of amides is 1. The van der Waals surface area contributed by atoms with Gasteiger partial charge >= 0.3 is 6.09 Å². The van der Waals surface area contributed by atoms with Crippen LogP contribution in [0.15, 0.2) is 18.3 Å². The molecule has 0 radical (unpaired) electrons. The van der Waals surface area contributed by atoms with Crippen molar-refractivity contribution in [3.63, 3.8) is 0 Å². The molecule has 0 unspecified atom stereocenters. The Labute approximate surface area is 94.8 Å². The minimum atomic E-state index is -0.543. The van der Waals surface area contributed by atoms with Gasteiger partial charge in [-0.2, -0.15) is 0 Å². The van der Waals surface area contributed by atoms with Crippen molar-refractivity contribution in [1.29, 1.82) is 0 Å². The summed E-state index contributed by atoms with van der Waals surface area (Å²) in [6.07, 6.45) is 3.12. The average Bonchev–Trinajstić information content (AvgIpc) is 2.30. The van der Waals surface area contributed by atoms with Gasteiger partial charge in [0.2, 0.25) is 0 Å². The van der Waals surface area contributed by atoms with Gasteiger partial charge in [-0.3, -0.25) is 5.32 Å². The van der Waals surface area contributed by atoms with Crippen LogP contribution < -0.4 is 10.1 Å². The third kappa shape index (κ3) is 4.16. The van der Waals surface area contributed by atoms with Crippen LogP contribution in [0.5, 0.6) is 5.75 Å². The van der Waals surface area contributed by atoms with Crippen LogP contribution in [0, 0.1) is 0 Å². The summed E-state index contributed by atoms with van der Waals surface area (Å²) in [5.41, 5.74) is 0. The minimum absolute atomic E-state index is 0.417. The molecule has 0 bridgehead atoms. The van der Waals surface area contributed by atoms with Crippen LogP contribution in [-0.4, -0.2) is 24.8 Å². The first kappa shape index (κ1) is 12.3. The summed E-state index contributed by atoms with van der Waals surface area (Å²) < 4.78 is 9.93. The second kappa shape index (κ2) is 6.66. The molecule has 0 aromatic carbocycles. The van der Waals surface area contributed by atoms with Crippen LogP contribution in [0.4, 0.5) is 10.6 Å². The third-order valence-corrected chi connectivity index (χ3v) is 1.91. The van der Waals surface area contributed by atoms with Crippen LogP contribution in [0.1, 0.15) is 19.8 Å². The number of carbonyl (C=O) groups excluding carboxylic acids is 1. The van der Waals surface area contributed by atoms with Crippen molar-refractivity contribution < 1.29 is 14.3 Å². The lowest BCUT2D eigenvalue weighted by atomic mass is 10.3. The maximum atomic E-state index is 10.9. The summed E-state index contributed by atoms with van der Waals surface area (Å²) >= 11 is 0. The van der Waals surface area contributed by atoms with Crippen LogP contribution in [0.2, 0.25) is 0 Å². The Balaban J connectivity index is 2.53. The number of hydrogen-bond acceptors (Lipinski definition) is 4. The number of aromatic nitrogens is 1. The van der Waals surface area contributed by atoms with Crippen molar-refractivity contribution in [1.82, 2.24) is 4.98 Å². The standard InChI is InChI=1S/C11H16N2O3/c1-3-4-7-16-9-5-6-12-10(8-9)13-11(14)15-2/h5-6,8H,3-4,7H2,1-2H3,(H,12,13,14). The molecule has 0 aliphatic rings. The topological polar surface area (TPSA) is 60.5 Å². The third-order valence-electron chi connectivity index (χ3n) is 1.91. The number of ether oxygens (including phenoxy) is 2. The summed E-state index contributed by atoms with van der Waals surface area (Å²) in [6.45, 7) is 2.76. The molecule has 0 aliphatic carbocycles. The molecule has 0 atom stereocenters. The number of unbranched alkanes of at least 4 members (excludes halogenated alkanes) is 1. The number of methoxy groups -OCH3 is 1. The van der Waals surface area contributed by atoms with E-state index in [1.807, 2.05) is 0 Å². The monoisotopic (exact) mass is 224 g/mol. The SMILES string of the molecule is CCCCOc1ccnc(NC(=O)OC)c1. The Hall–Kier alpha value is -1.78. The van der Waals surface area contributed by atoms with Gasteiger partial charge in [0.15, 0.2) is 0 Å².